The molecule has 0 heterocycles. The van der Waals surface area contributed by atoms with Crippen LogP contribution >= 0.6 is 15.9 Å². The summed E-state index contributed by atoms with van der Waals surface area (Å²) in [6.07, 6.45) is -8.65. The fraction of sp³-hybridized carbons (Fsp3) is 0.200. The summed E-state index contributed by atoms with van der Waals surface area (Å²) in [7, 11) is 0. The molecule has 98 valence electrons. The van der Waals surface area contributed by atoms with Crippen LogP contribution in [0.1, 0.15) is 0 Å². The summed E-state index contributed by atoms with van der Waals surface area (Å²) in [5, 5.41) is 1.87. The summed E-state index contributed by atoms with van der Waals surface area (Å²) < 4.78 is 49.3. The predicted octanol–water partition coefficient (Wildman–Crippen LogP) is 2.86. The van der Waals surface area contributed by atoms with E-state index in [4.69, 9.17) is 0 Å². The highest BCUT2D eigenvalue weighted by atomic mass is 79.9. The maximum atomic E-state index is 13.0. The Morgan fingerprint density at radius 3 is 2.11 bits per heavy atom. The van der Waals surface area contributed by atoms with E-state index in [1.807, 2.05) is 5.32 Å². The molecule has 1 N–H and O–H groups in total. The number of halogens is 5. The standard InChI is InChI=1S/C10H6BrF4NO2/c11-5-1-3-6(4-2-5)16-9(18)7(12)8(17)10(13,14)15/h1-4,7H,(H,16,18). The summed E-state index contributed by atoms with van der Waals surface area (Å²) in [4.78, 5) is 21.5. The summed E-state index contributed by atoms with van der Waals surface area (Å²) in [6, 6.07) is 5.67. The van der Waals surface area contributed by atoms with Crippen LogP contribution in [0.3, 0.4) is 0 Å². The third-order valence-corrected chi connectivity index (χ3v) is 2.38. The molecule has 0 aliphatic heterocycles. The van der Waals surface area contributed by atoms with Crippen molar-refractivity contribution < 1.29 is 27.2 Å². The Morgan fingerprint density at radius 1 is 1.17 bits per heavy atom. The van der Waals surface area contributed by atoms with Crippen molar-refractivity contribution >= 4 is 33.3 Å². The van der Waals surface area contributed by atoms with Crippen molar-refractivity contribution in [1.82, 2.24) is 0 Å². The molecule has 1 aromatic rings. The Labute approximate surface area is 107 Å². The molecule has 1 atom stereocenters. The molecule has 1 rings (SSSR count). The maximum Gasteiger partial charge on any atom is 0.453 e. The van der Waals surface area contributed by atoms with Crippen LogP contribution in [0.25, 0.3) is 0 Å². The molecule has 3 nitrogen and oxygen atoms in total. The van der Waals surface area contributed by atoms with Crippen LogP contribution < -0.4 is 5.32 Å². The zero-order valence-corrected chi connectivity index (χ0v) is 10.2. The largest absolute Gasteiger partial charge is 0.453 e. The number of rotatable bonds is 3. The number of ketones is 1. The summed E-state index contributed by atoms with van der Waals surface area (Å²) in [6.45, 7) is 0. The second kappa shape index (κ2) is 5.47. The minimum absolute atomic E-state index is 0.0841. The van der Waals surface area contributed by atoms with Gasteiger partial charge in [-0.1, -0.05) is 15.9 Å². The fourth-order valence-electron chi connectivity index (χ4n) is 1.00. The van der Waals surface area contributed by atoms with E-state index in [0.717, 1.165) is 0 Å². The summed E-state index contributed by atoms with van der Waals surface area (Å²) in [5.41, 5.74) is 0.0841. The van der Waals surface area contributed by atoms with Gasteiger partial charge in [-0.05, 0) is 24.3 Å². The van der Waals surface area contributed by atoms with Crippen LogP contribution in [-0.4, -0.2) is 24.0 Å². The number of hydrogen-bond acceptors (Lipinski definition) is 2. The Bertz CT molecular complexity index is 458. The maximum absolute atomic E-state index is 13.0. The van der Waals surface area contributed by atoms with Crippen LogP contribution in [0, 0.1) is 0 Å². The van der Waals surface area contributed by atoms with Gasteiger partial charge in [0.1, 0.15) is 0 Å². The average molecular weight is 328 g/mol. The Hall–Kier alpha value is -1.44. The van der Waals surface area contributed by atoms with Crippen molar-refractivity contribution in [2.24, 2.45) is 0 Å². The molecule has 1 unspecified atom stereocenters. The Balaban J connectivity index is 2.71. The highest BCUT2D eigenvalue weighted by molar-refractivity contribution is 9.10. The van der Waals surface area contributed by atoms with Gasteiger partial charge in [0.2, 0.25) is 6.17 Å². The third kappa shape index (κ3) is 3.80. The lowest BCUT2D eigenvalue weighted by Crippen LogP contribution is -2.39. The van der Waals surface area contributed by atoms with E-state index in [1.165, 1.54) is 24.3 Å². The minimum Gasteiger partial charge on any atom is -0.323 e. The average Bonchev–Trinajstić information content (AvgIpc) is 2.29. The van der Waals surface area contributed by atoms with Gasteiger partial charge < -0.3 is 5.32 Å². The number of carbonyl (C=O) groups is 2. The molecule has 18 heavy (non-hydrogen) atoms. The van der Waals surface area contributed by atoms with Crippen molar-refractivity contribution in [3.8, 4) is 0 Å². The molecule has 0 radical (unpaired) electrons. The van der Waals surface area contributed by atoms with Crippen LogP contribution in [0.4, 0.5) is 23.2 Å². The number of Topliss-reactive ketones (excluding diaryl/α,β-unsaturated/α-hetero) is 1. The minimum atomic E-state index is -5.38. The van der Waals surface area contributed by atoms with Crippen LogP contribution in [0.5, 0.6) is 0 Å². The van der Waals surface area contributed by atoms with E-state index in [-0.39, 0.29) is 5.69 Å². The van der Waals surface area contributed by atoms with E-state index in [9.17, 15) is 27.2 Å². The monoisotopic (exact) mass is 327 g/mol. The normalized spacial score (nSPS) is 12.9. The van der Waals surface area contributed by atoms with Crippen molar-refractivity contribution in [3.05, 3.63) is 28.7 Å². The zero-order valence-electron chi connectivity index (χ0n) is 8.59. The van der Waals surface area contributed by atoms with E-state index < -0.39 is 24.0 Å². The molecular formula is C10H6BrF4NO2. The highest BCUT2D eigenvalue weighted by Gasteiger charge is 2.46. The molecular weight excluding hydrogens is 322 g/mol. The molecule has 1 amide bonds. The number of hydrogen-bond donors (Lipinski definition) is 1. The van der Waals surface area contributed by atoms with Gasteiger partial charge in [0, 0.05) is 10.2 Å². The molecule has 0 aromatic heterocycles. The van der Waals surface area contributed by atoms with Crippen molar-refractivity contribution in [3.63, 3.8) is 0 Å². The highest BCUT2D eigenvalue weighted by Crippen LogP contribution is 2.20. The molecule has 0 aliphatic rings. The first-order chi connectivity index (χ1) is 8.21. The molecule has 0 saturated carbocycles. The lowest BCUT2D eigenvalue weighted by molar-refractivity contribution is -0.177. The molecule has 0 bridgehead atoms. The van der Waals surface area contributed by atoms with Gasteiger partial charge in [0.25, 0.3) is 11.7 Å². The van der Waals surface area contributed by atoms with Crippen molar-refractivity contribution in [2.75, 3.05) is 5.32 Å². The second-order valence-corrected chi connectivity index (χ2v) is 4.14. The third-order valence-electron chi connectivity index (χ3n) is 1.85. The quantitative estimate of drug-likeness (QED) is 0.685. The van der Waals surface area contributed by atoms with Gasteiger partial charge in [-0.2, -0.15) is 13.2 Å². The number of nitrogens with one attached hydrogen (secondary N) is 1. The van der Waals surface area contributed by atoms with E-state index >= 15 is 0 Å². The van der Waals surface area contributed by atoms with Gasteiger partial charge in [-0.25, -0.2) is 4.39 Å². The number of amides is 1. The number of anilines is 1. The lowest BCUT2D eigenvalue weighted by Gasteiger charge is -2.10. The Kier molecular flexibility index (Phi) is 4.44. The zero-order chi connectivity index (χ0) is 13.9. The summed E-state index contributed by atoms with van der Waals surface area (Å²) in [5.74, 6) is -4.38. The van der Waals surface area contributed by atoms with Gasteiger partial charge >= 0.3 is 6.18 Å². The van der Waals surface area contributed by atoms with Crippen molar-refractivity contribution in [1.29, 1.82) is 0 Å². The predicted molar refractivity (Wildman–Crippen MR) is 58.7 cm³/mol. The lowest BCUT2D eigenvalue weighted by atomic mass is 10.2. The molecule has 0 saturated heterocycles. The van der Waals surface area contributed by atoms with E-state index in [0.29, 0.717) is 4.47 Å². The van der Waals surface area contributed by atoms with E-state index in [1.54, 1.807) is 0 Å². The molecule has 0 fully saturated rings. The van der Waals surface area contributed by atoms with Gasteiger partial charge in [-0.3, -0.25) is 9.59 Å². The number of alkyl halides is 4. The van der Waals surface area contributed by atoms with Gasteiger partial charge in [-0.15, -0.1) is 0 Å². The smallest absolute Gasteiger partial charge is 0.323 e. The Morgan fingerprint density at radius 2 is 1.67 bits per heavy atom. The first-order valence-electron chi connectivity index (χ1n) is 4.53. The summed E-state index contributed by atoms with van der Waals surface area (Å²) >= 11 is 3.10. The molecule has 0 aliphatic carbocycles. The SMILES string of the molecule is O=C(Nc1ccc(Br)cc1)C(F)C(=O)C(F)(F)F. The van der Waals surface area contributed by atoms with Gasteiger partial charge in [0.15, 0.2) is 0 Å². The van der Waals surface area contributed by atoms with E-state index in [2.05, 4.69) is 15.9 Å². The van der Waals surface area contributed by atoms with Crippen LogP contribution in [-0.2, 0) is 9.59 Å². The topological polar surface area (TPSA) is 46.2 Å². The molecule has 1 aromatic carbocycles. The van der Waals surface area contributed by atoms with Crippen LogP contribution in [0.15, 0.2) is 28.7 Å². The molecule has 0 spiro atoms. The molecule has 8 heteroatoms. The number of benzene rings is 1. The number of carbonyl (C=O) groups excluding carboxylic acids is 2. The van der Waals surface area contributed by atoms with Crippen molar-refractivity contribution in [2.45, 2.75) is 12.3 Å². The second-order valence-electron chi connectivity index (χ2n) is 3.22. The fourth-order valence-corrected chi connectivity index (χ4v) is 1.27. The first kappa shape index (κ1) is 14.6. The van der Waals surface area contributed by atoms with Gasteiger partial charge in [0.05, 0.1) is 0 Å². The first-order valence-corrected chi connectivity index (χ1v) is 5.32. The van der Waals surface area contributed by atoms with Crippen LogP contribution in [0.2, 0.25) is 0 Å².